The van der Waals surface area contributed by atoms with Gasteiger partial charge in [0.05, 0.1) is 13.2 Å². The predicted octanol–water partition coefficient (Wildman–Crippen LogP) is 1.86. The molecule has 2 aliphatic rings. The number of alkyl carbamates (subject to hydrolysis) is 1. The maximum atomic E-state index is 11.7. The van der Waals surface area contributed by atoms with Crippen LogP contribution in [0.4, 0.5) is 4.79 Å². The molecular weight excluding hydrogens is 296 g/mol. The van der Waals surface area contributed by atoms with Gasteiger partial charge in [0.25, 0.3) is 0 Å². The summed E-state index contributed by atoms with van der Waals surface area (Å²) in [7, 11) is 1.56. The van der Waals surface area contributed by atoms with Crippen molar-refractivity contribution in [3.63, 3.8) is 0 Å². The number of ether oxygens (including phenoxy) is 2. The molecule has 0 aromatic heterocycles. The highest BCUT2D eigenvalue weighted by atomic mass is 16.5. The largest absolute Gasteiger partial charge is 0.449 e. The van der Waals surface area contributed by atoms with Gasteiger partial charge in [0, 0.05) is 26.6 Å². The van der Waals surface area contributed by atoms with Crippen LogP contribution in [0.1, 0.15) is 32.1 Å². The van der Waals surface area contributed by atoms with Crippen molar-refractivity contribution in [1.82, 2.24) is 10.6 Å². The maximum absolute atomic E-state index is 11.7. The van der Waals surface area contributed by atoms with Crippen molar-refractivity contribution in [3.8, 4) is 0 Å². The molecule has 6 heteroatoms. The van der Waals surface area contributed by atoms with E-state index in [9.17, 15) is 9.59 Å². The molecule has 2 aliphatic carbocycles. The van der Waals surface area contributed by atoms with E-state index in [4.69, 9.17) is 9.47 Å². The smallest absolute Gasteiger partial charge is 0.407 e. The molecule has 0 spiro atoms. The lowest BCUT2D eigenvalue weighted by atomic mass is 10.1. The van der Waals surface area contributed by atoms with Crippen molar-refractivity contribution in [2.75, 3.05) is 33.4 Å². The fourth-order valence-corrected chi connectivity index (χ4v) is 3.31. The first-order valence-electron chi connectivity index (χ1n) is 8.53. The van der Waals surface area contributed by atoms with Crippen molar-refractivity contribution in [2.45, 2.75) is 32.1 Å². The number of amides is 2. The van der Waals surface area contributed by atoms with Gasteiger partial charge in [0.1, 0.15) is 0 Å². The van der Waals surface area contributed by atoms with Crippen LogP contribution in [-0.4, -0.2) is 45.4 Å². The summed E-state index contributed by atoms with van der Waals surface area (Å²) in [5.41, 5.74) is 0. The number of fused-ring (bicyclic) bond motifs is 1. The van der Waals surface area contributed by atoms with Crippen molar-refractivity contribution in [1.29, 1.82) is 0 Å². The Morgan fingerprint density at radius 1 is 1.09 bits per heavy atom. The number of nitrogens with one attached hydrogen (secondary N) is 2. The van der Waals surface area contributed by atoms with E-state index in [1.165, 1.54) is 12.8 Å². The summed E-state index contributed by atoms with van der Waals surface area (Å²) in [4.78, 5) is 23.0. The van der Waals surface area contributed by atoms with Gasteiger partial charge < -0.3 is 20.1 Å². The van der Waals surface area contributed by atoms with E-state index >= 15 is 0 Å². The summed E-state index contributed by atoms with van der Waals surface area (Å²) in [5.74, 6) is 1.92. The molecule has 2 N–H and O–H groups in total. The van der Waals surface area contributed by atoms with Crippen LogP contribution in [0.3, 0.4) is 0 Å². The van der Waals surface area contributed by atoms with E-state index in [1.807, 2.05) is 0 Å². The molecule has 1 fully saturated rings. The SMILES string of the molecule is COCCC(=O)NCCNC(=O)OCC1[C@H]2CCC=CCC[C@@H]12. The lowest BCUT2D eigenvalue weighted by molar-refractivity contribution is -0.121. The first kappa shape index (κ1) is 17.8. The van der Waals surface area contributed by atoms with Gasteiger partial charge in [-0.1, -0.05) is 12.2 Å². The number of allylic oxidation sites excluding steroid dienone is 2. The Kier molecular flexibility index (Phi) is 7.39. The first-order valence-corrected chi connectivity index (χ1v) is 8.53. The van der Waals surface area contributed by atoms with Gasteiger partial charge in [-0.15, -0.1) is 0 Å². The van der Waals surface area contributed by atoms with Crippen molar-refractivity contribution in [3.05, 3.63) is 12.2 Å². The zero-order valence-electron chi connectivity index (χ0n) is 13.9. The van der Waals surface area contributed by atoms with Crippen LogP contribution < -0.4 is 10.6 Å². The average Bonchev–Trinajstić information content (AvgIpc) is 3.17. The molecule has 0 aromatic carbocycles. The molecule has 0 bridgehead atoms. The second kappa shape index (κ2) is 9.55. The highest BCUT2D eigenvalue weighted by Gasteiger charge is 2.49. The third kappa shape index (κ3) is 6.22. The van der Waals surface area contributed by atoms with E-state index < -0.39 is 6.09 Å². The van der Waals surface area contributed by atoms with Gasteiger partial charge in [-0.2, -0.15) is 0 Å². The maximum Gasteiger partial charge on any atom is 0.407 e. The van der Waals surface area contributed by atoms with Crippen molar-refractivity contribution < 1.29 is 19.1 Å². The van der Waals surface area contributed by atoms with Crippen molar-refractivity contribution in [2.24, 2.45) is 17.8 Å². The fraction of sp³-hybridized carbons (Fsp3) is 0.765. The minimum atomic E-state index is -0.395. The van der Waals surface area contributed by atoms with Crippen LogP contribution in [0.5, 0.6) is 0 Å². The van der Waals surface area contributed by atoms with Crippen molar-refractivity contribution >= 4 is 12.0 Å². The van der Waals surface area contributed by atoms with Gasteiger partial charge in [-0.3, -0.25) is 4.79 Å². The topological polar surface area (TPSA) is 76.7 Å². The number of carbonyl (C=O) groups excluding carboxylic acids is 2. The van der Waals surface area contributed by atoms with E-state index in [2.05, 4.69) is 22.8 Å². The van der Waals surface area contributed by atoms with E-state index in [-0.39, 0.29) is 5.91 Å². The number of methoxy groups -OCH3 is 1. The summed E-state index contributed by atoms with van der Waals surface area (Å²) >= 11 is 0. The summed E-state index contributed by atoms with van der Waals surface area (Å²) in [5, 5.41) is 5.37. The molecular formula is C17H28N2O4. The molecule has 1 unspecified atom stereocenters. The zero-order valence-corrected chi connectivity index (χ0v) is 13.9. The Morgan fingerprint density at radius 2 is 1.74 bits per heavy atom. The lowest BCUT2D eigenvalue weighted by Gasteiger charge is -2.08. The molecule has 0 heterocycles. The molecule has 0 radical (unpaired) electrons. The van der Waals surface area contributed by atoms with E-state index in [0.29, 0.717) is 38.6 Å². The Labute approximate surface area is 138 Å². The molecule has 0 aliphatic heterocycles. The zero-order chi connectivity index (χ0) is 16.5. The van der Waals surface area contributed by atoms with Gasteiger partial charge in [0.2, 0.25) is 5.91 Å². The summed E-state index contributed by atoms with van der Waals surface area (Å²) in [6, 6.07) is 0. The van der Waals surface area contributed by atoms with E-state index in [0.717, 1.165) is 24.7 Å². The normalized spacial score (nSPS) is 25.7. The number of hydrogen-bond donors (Lipinski definition) is 2. The fourth-order valence-electron chi connectivity index (χ4n) is 3.31. The summed E-state index contributed by atoms with van der Waals surface area (Å²) < 4.78 is 10.1. The van der Waals surface area contributed by atoms with Crippen LogP contribution in [0, 0.1) is 17.8 Å². The molecule has 0 aromatic rings. The third-order valence-electron chi connectivity index (χ3n) is 4.67. The number of hydrogen-bond acceptors (Lipinski definition) is 4. The van der Waals surface area contributed by atoms with Crippen LogP contribution in [0.15, 0.2) is 12.2 Å². The van der Waals surface area contributed by atoms with Crippen LogP contribution in [0.2, 0.25) is 0 Å². The quantitative estimate of drug-likeness (QED) is 0.528. The Bertz CT molecular complexity index is 409. The highest BCUT2D eigenvalue weighted by molar-refractivity contribution is 5.76. The van der Waals surface area contributed by atoms with Gasteiger partial charge in [0.15, 0.2) is 0 Å². The molecule has 23 heavy (non-hydrogen) atoms. The molecule has 2 rings (SSSR count). The third-order valence-corrected chi connectivity index (χ3v) is 4.67. The second-order valence-corrected chi connectivity index (χ2v) is 6.24. The molecule has 130 valence electrons. The minimum Gasteiger partial charge on any atom is -0.449 e. The summed E-state index contributed by atoms with van der Waals surface area (Å²) in [6.45, 7) is 1.69. The number of carbonyl (C=O) groups is 2. The first-order chi connectivity index (χ1) is 11.2. The molecule has 0 saturated heterocycles. The second-order valence-electron chi connectivity index (χ2n) is 6.24. The average molecular weight is 324 g/mol. The van der Waals surface area contributed by atoms with Gasteiger partial charge >= 0.3 is 6.09 Å². The molecule has 1 saturated carbocycles. The lowest BCUT2D eigenvalue weighted by Crippen LogP contribution is -2.35. The Balaban J connectivity index is 1.50. The molecule has 6 nitrogen and oxygen atoms in total. The van der Waals surface area contributed by atoms with E-state index in [1.54, 1.807) is 7.11 Å². The van der Waals surface area contributed by atoms with Gasteiger partial charge in [-0.05, 0) is 43.4 Å². The summed E-state index contributed by atoms with van der Waals surface area (Å²) in [6.07, 6.45) is 9.18. The minimum absolute atomic E-state index is 0.0789. The highest BCUT2D eigenvalue weighted by Crippen LogP contribution is 2.52. The number of rotatable bonds is 8. The van der Waals surface area contributed by atoms with Gasteiger partial charge in [-0.25, -0.2) is 4.79 Å². The standard InChI is InChI=1S/C17H28N2O4/c1-22-11-8-16(20)18-9-10-19-17(21)23-12-15-13-6-4-2-3-5-7-14(13)15/h2-3,13-15H,4-12H2,1H3,(H,18,20)(H,19,21)/t13-,14+,15?. The predicted molar refractivity (Wildman–Crippen MR) is 86.9 cm³/mol. The van der Waals surface area contributed by atoms with Crippen LogP contribution in [-0.2, 0) is 14.3 Å². The van der Waals surface area contributed by atoms with Crippen LogP contribution in [0.25, 0.3) is 0 Å². The Hall–Kier alpha value is -1.56. The molecule has 3 atom stereocenters. The Morgan fingerprint density at radius 3 is 2.39 bits per heavy atom. The monoisotopic (exact) mass is 324 g/mol. The van der Waals surface area contributed by atoms with Crippen LogP contribution >= 0.6 is 0 Å². The molecule has 2 amide bonds.